The first-order valence-corrected chi connectivity index (χ1v) is 9.03. The van der Waals surface area contributed by atoms with Gasteiger partial charge in [-0.2, -0.15) is 0 Å². The zero-order valence-electron chi connectivity index (χ0n) is 15.1. The molecule has 2 N–H and O–H groups in total. The molecule has 0 aromatic heterocycles. The van der Waals surface area contributed by atoms with Crippen molar-refractivity contribution in [2.45, 2.75) is 25.3 Å². The Morgan fingerprint density at radius 2 is 1.46 bits per heavy atom. The van der Waals surface area contributed by atoms with Crippen LogP contribution in [-0.4, -0.2) is 46.3 Å². The number of hydrogen-bond acceptors (Lipinski definition) is 4. The van der Waals surface area contributed by atoms with Gasteiger partial charge < -0.3 is 10.4 Å². The predicted molar refractivity (Wildman–Crippen MR) is 101 cm³/mol. The molecular formula is C21H20N2O5. The molecule has 1 unspecified atom stereocenters. The summed E-state index contributed by atoms with van der Waals surface area (Å²) in [6.07, 6.45) is 1.10. The Kier molecular flexibility index (Phi) is 5.84. The number of aliphatic carboxylic acids is 1. The minimum atomic E-state index is -1.22. The summed E-state index contributed by atoms with van der Waals surface area (Å²) in [5.41, 5.74) is 1.01. The summed E-state index contributed by atoms with van der Waals surface area (Å²) in [5, 5.41) is 12.3. The van der Waals surface area contributed by atoms with Gasteiger partial charge in [-0.25, -0.2) is 4.79 Å². The standard InChI is InChI=1S/C21H20N2O5/c24-18(14-8-2-1-3-9-14)22-13-7-6-12-17(21(27)28)23-19(25)15-10-4-5-11-16(15)20(23)26/h1-5,8-11,17H,6-7,12-13H2,(H,22,24)(H,27,28). The van der Waals surface area contributed by atoms with Gasteiger partial charge in [-0.1, -0.05) is 30.3 Å². The largest absolute Gasteiger partial charge is 0.480 e. The number of benzene rings is 2. The smallest absolute Gasteiger partial charge is 0.326 e. The van der Waals surface area contributed by atoms with Crippen molar-refractivity contribution >= 4 is 23.7 Å². The van der Waals surface area contributed by atoms with E-state index < -0.39 is 23.8 Å². The number of nitrogens with zero attached hydrogens (tertiary/aromatic N) is 1. The lowest BCUT2D eigenvalue weighted by atomic mass is 10.1. The molecule has 0 saturated carbocycles. The van der Waals surface area contributed by atoms with Crippen LogP contribution in [0.1, 0.15) is 50.3 Å². The number of imide groups is 1. The maximum absolute atomic E-state index is 12.5. The van der Waals surface area contributed by atoms with Crippen LogP contribution in [-0.2, 0) is 4.79 Å². The number of carbonyl (C=O) groups excluding carboxylic acids is 3. The lowest BCUT2D eigenvalue weighted by Crippen LogP contribution is -2.44. The molecule has 1 heterocycles. The van der Waals surface area contributed by atoms with Crippen LogP contribution in [0.15, 0.2) is 54.6 Å². The number of unbranched alkanes of at least 4 members (excludes halogenated alkanes) is 1. The van der Waals surface area contributed by atoms with Gasteiger partial charge in [-0.05, 0) is 43.5 Å². The van der Waals surface area contributed by atoms with E-state index in [4.69, 9.17) is 0 Å². The summed E-state index contributed by atoms with van der Waals surface area (Å²) >= 11 is 0. The lowest BCUT2D eigenvalue weighted by Gasteiger charge is -2.22. The van der Waals surface area contributed by atoms with Gasteiger partial charge in [0.1, 0.15) is 6.04 Å². The fourth-order valence-electron chi connectivity index (χ4n) is 3.21. The molecule has 2 aromatic rings. The SMILES string of the molecule is O=C(NCCCCC(C(=O)O)N1C(=O)c2ccccc2C1=O)c1ccccc1. The Hall–Kier alpha value is -3.48. The van der Waals surface area contributed by atoms with E-state index in [2.05, 4.69) is 5.32 Å². The van der Waals surface area contributed by atoms with Crippen molar-refractivity contribution in [3.05, 3.63) is 71.3 Å². The summed E-state index contributed by atoms with van der Waals surface area (Å²) in [6, 6.07) is 13.9. The van der Waals surface area contributed by atoms with E-state index in [9.17, 15) is 24.3 Å². The molecule has 28 heavy (non-hydrogen) atoms. The molecule has 3 amide bonds. The van der Waals surface area contributed by atoms with Crippen LogP contribution in [0.2, 0.25) is 0 Å². The highest BCUT2D eigenvalue weighted by atomic mass is 16.4. The lowest BCUT2D eigenvalue weighted by molar-refractivity contribution is -0.141. The Labute approximate surface area is 162 Å². The Balaban J connectivity index is 1.54. The van der Waals surface area contributed by atoms with Crippen molar-refractivity contribution in [2.24, 2.45) is 0 Å². The molecule has 0 fully saturated rings. The summed E-state index contributed by atoms with van der Waals surface area (Å²) < 4.78 is 0. The summed E-state index contributed by atoms with van der Waals surface area (Å²) in [6.45, 7) is 0.377. The molecular weight excluding hydrogens is 360 g/mol. The summed E-state index contributed by atoms with van der Waals surface area (Å²) in [4.78, 5) is 49.4. The number of carboxylic acid groups (broad SMARTS) is 1. The summed E-state index contributed by atoms with van der Waals surface area (Å²) in [5.74, 6) is -2.57. The van der Waals surface area contributed by atoms with Crippen LogP contribution in [0.3, 0.4) is 0 Å². The zero-order chi connectivity index (χ0) is 20.1. The number of fused-ring (bicyclic) bond motifs is 1. The number of carboxylic acids is 1. The molecule has 7 heteroatoms. The van der Waals surface area contributed by atoms with Crippen molar-refractivity contribution in [3.8, 4) is 0 Å². The third kappa shape index (κ3) is 3.93. The van der Waals surface area contributed by atoms with Gasteiger partial charge in [-0.3, -0.25) is 19.3 Å². The first kappa shape index (κ1) is 19.3. The summed E-state index contributed by atoms with van der Waals surface area (Å²) in [7, 11) is 0. The van der Waals surface area contributed by atoms with Crippen molar-refractivity contribution in [3.63, 3.8) is 0 Å². The molecule has 1 aliphatic rings. The highest BCUT2D eigenvalue weighted by Crippen LogP contribution is 2.26. The first-order chi connectivity index (χ1) is 13.5. The van der Waals surface area contributed by atoms with E-state index in [1.165, 1.54) is 12.1 Å². The van der Waals surface area contributed by atoms with Crippen molar-refractivity contribution in [1.29, 1.82) is 0 Å². The average molecular weight is 380 g/mol. The Morgan fingerprint density at radius 1 is 0.893 bits per heavy atom. The fraction of sp³-hybridized carbons (Fsp3) is 0.238. The fourth-order valence-corrected chi connectivity index (χ4v) is 3.21. The second kappa shape index (κ2) is 8.47. The van der Waals surface area contributed by atoms with E-state index >= 15 is 0 Å². The van der Waals surface area contributed by atoms with E-state index in [1.54, 1.807) is 36.4 Å². The third-order valence-corrected chi connectivity index (χ3v) is 4.65. The van der Waals surface area contributed by atoms with Gasteiger partial charge in [0.25, 0.3) is 17.7 Å². The Morgan fingerprint density at radius 3 is 2.04 bits per heavy atom. The second-order valence-corrected chi connectivity index (χ2v) is 6.50. The number of rotatable bonds is 8. The molecule has 0 saturated heterocycles. The molecule has 0 bridgehead atoms. The second-order valence-electron chi connectivity index (χ2n) is 6.50. The highest BCUT2D eigenvalue weighted by molar-refractivity contribution is 6.22. The van der Waals surface area contributed by atoms with Crippen LogP contribution in [0, 0.1) is 0 Å². The van der Waals surface area contributed by atoms with Gasteiger partial charge in [0, 0.05) is 12.1 Å². The molecule has 0 radical (unpaired) electrons. The minimum absolute atomic E-state index is 0.127. The van der Waals surface area contributed by atoms with Crippen molar-refractivity contribution < 1.29 is 24.3 Å². The zero-order valence-corrected chi connectivity index (χ0v) is 15.1. The van der Waals surface area contributed by atoms with Crippen LogP contribution >= 0.6 is 0 Å². The molecule has 3 rings (SSSR count). The molecule has 0 aliphatic carbocycles. The molecule has 1 atom stereocenters. The number of amides is 3. The molecule has 0 spiro atoms. The van der Waals surface area contributed by atoms with Crippen LogP contribution in [0.4, 0.5) is 0 Å². The molecule has 7 nitrogen and oxygen atoms in total. The van der Waals surface area contributed by atoms with Gasteiger partial charge >= 0.3 is 5.97 Å². The Bertz CT molecular complexity index is 875. The number of hydrogen-bond donors (Lipinski definition) is 2. The normalized spacial score (nSPS) is 13.9. The van der Waals surface area contributed by atoms with Crippen molar-refractivity contribution in [2.75, 3.05) is 6.54 Å². The highest BCUT2D eigenvalue weighted by Gasteiger charge is 2.42. The number of nitrogens with one attached hydrogen (secondary N) is 1. The van der Waals surface area contributed by atoms with Gasteiger partial charge in [-0.15, -0.1) is 0 Å². The maximum Gasteiger partial charge on any atom is 0.326 e. The van der Waals surface area contributed by atoms with E-state index in [0.29, 0.717) is 24.9 Å². The van der Waals surface area contributed by atoms with E-state index in [0.717, 1.165) is 4.90 Å². The van der Waals surface area contributed by atoms with Crippen LogP contribution in [0.25, 0.3) is 0 Å². The first-order valence-electron chi connectivity index (χ1n) is 9.03. The maximum atomic E-state index is 12.5. The van der Waals surface area contributed by atoms with Gasteiger partial charge in [0.05, 0.1) is 11.1 Å². The number of carbonyl (C=O) groups is 4. The van der Waals surface area contributed by atoms with E-state index in [1.807, 2.05) is 6.07 Å². The van der Waals surface area contributed by atoms with Crippen LogP contribution in [0.5, 0.6) is 0 Å². The minimum Gasteiger partial charge on any atom is -0.480 e. The third-order valence-electron chi connectivity index (χ3n) is 4.65. The quantitative estimate of drug-likeness (QED) is 0.540. The predicted octanol–water partition coefficient (Wildman–Crippen LogP) is 2.34. The molecule has 2 aromatic carbocycles. The van der Waals surface area contributed by atoms with E-state index in [-0.39, 0.29) is 23.5 Å². The molecule has 1 aliphatic heterocycles. The molecule has 144 valence electrons. The monoisotopic (exact) mass is 380 g/mol. The van der Waals surface area contributed by atoms with Crippen molar-refractivity contribution in [1.82, 2.24) is 10.2 Å². The topological polar surface area (TPSA) is 104 Å². The van der Waals surface area contributed by atoms with Gasteiger partial charge in [0.2, 0.25) is 0 Å². The van der Waals surface area contributed by atoms with Crippen LogP contribution < -0.4 is 5.32 Å². The average Bonchev–Trinajstić information content (AvgIpc) is 2.96. The van der Waals surface area contributed by atoms with Gasteiger partial charge in [0.15, 0.2) is 0 Å².